The number of halogens is 3. The molecule has 11 nitrogen and oxygen atoms in total. The SMILES string of the molecule is C#Cc1ccc2[nH]c(S(=O)(=O)N3CCN(C(=O)c4nc5c(s4)CNC(C)C5)C(CCNS(=O)(=O)C(F)(F)F)C3)cc2c1. The lowest BCUT2D eigenvalue weighted by Gasteiger charge is -2.40. The summed E-state index contributed by atoms with van der Waals surface area (Å²) >= 11 is 1.21. The van der Waals surface area contributed by atoms with Crippen molar-refractivity contribution in [3.05, 3.63) is 45.4 Å². The van der Waals surface area contributed by atoms with Crippen LogP contribution >= 0.6 is 11.3 Å². The average Bonchev–Trinajstić information content (AvgIpc) is 3.56. The molecule has 0 spiro atoms. The van der Waals surface area contributed by atoms with Gasteiger partial charge >= 0.3 is 15.5 Å². The molecule has 2 aromatic heterocycles. The van der Waals surface area contributed by atoms with Crippen molar-refractivity contribution >= 4 is 48.2 Å². The molecule has 3 N–H and O–H groups in total. The fourth-order valence-electron chi connectivity index (χ4n) is 5.00. The van der Waals surface area contributed by atoms with Gasteiger partial charge in [0.2, 0.25) is 0 Å². The van der Waals surface area contributed by atoms with Gasteiger partial charge in [-0.25, -0.2) is 26.5 Å². The number of alkyl halides is 3. The molecular weight excluding hydrogens is 618 g/mol. The summed E-state index contributed by atoms with van der Waals surface area (Å²) in [6, 6.07) is 5.64. The van der Waals surface area contributed by atoms with Gasteiger partial charge in [-0.3, -0.25) is 4.79 Å². The fourth-order valence-corrected chi connectivity index (χ4v) is 8.03. The van der Waals surface area contributed by atoms with Crippen LogP contribution in [0.5, 0.6) is 0 Å². The maximum absolute atomic E-state index is 13.6. The zero-order valence-corrected chi connectivity index (χ0v) is 24.7. The van der Waals surface area contributed by atoms with Crippen molar-refractivity contribution in [1.82, 2.24) is 29.2 Å². The number of thiazole rings is 1. The number of terminal acetylenes is 1. The predicted molar refractivity (Wildman–Crippen MR) is 150 cm³/mol. The quantitative estimate of drug-likeness (QED) is 0.334. The molecule has 2 atom stereocenters. The van der Waals surface area contributed by atoms with Crippen molar-refractivity contribution in [2.24, 2.45) is 0 Å². The molecule has 5 rings (SSSR count). The van der Waals surface area contributed by atoms with E-state index in [1.165, 1.54) is 27.0 Å². The van der Waals surface area contributed by atoms with Gasteiger partial charge in [0.15, 0.2) is 5.01 Å². The average molecular weight is 645 g/mol. The van der Waals surface area contributed by atoms with Gasteiger partial charge in [-0.1, -0.05) is 5.92 Å². The fraction of sp³-hybridized carbons (Fsp3) is 0.440. The van der Waals surface area contributed by atoms with Gasteiger partial charge in [-0.15, -0.1) is 17.8 Å². The number of aromatic nitrogens is 2. The van der Waals surface area contributed by atoms with Crippen molar-refractivity contribution in [2.75, 3.05) is 26.2 Å². The molecule has 1 fully saturated rings. The highest BCUT2D eigenvalue weighted by Gasteiger charge is 2.46. The van der Waals surface area contributed by atoms with Crippen LogP contribution in [0.2, 0.25) is 0 Å². The molecule has 1 amide bonds. The lowest BCUT2D eigenvalue weighted by atomic mass is 10.1. The van der Waals surface area contributed by atoms with Crippen LogP contribution in [-0.2, 0) is 33.0 Å². The summed E-state index contributed by atoms with van der Waals surface area (Å²) in [5.41, 5.74) is -3.62. The smallest absolute Gasteiger partial charge is 0.345 e. The molecule has 17 heteroatoms. The number of carbonyl (C=O) groups excluding carboxylic acids is 1. The van der Waals surface area contributed by atoms with Gasteiger partial charge in [0.1, 0.15) is 5.03 Å². The van der Waals surface area contributed by atoms with Crippen LogP contribution < -0.4 is 10.0 Å². The van der Waals surface area contributed by atoms with Crippen LogP contribution in [0.15, 0.2) is 29.3 Å². The monoisotopic (exact) mass is 644 g/mol. The Morgan fingerprint density at radius 2 is 2.00 bits per heavy atom. The summed E-state index contributed by atoms with van der Waals surface area (Å²) in [7, 11) is -9.75. The Hall–Kier alpha value is -3.01. The summed E-state index contributed by atoms with van der Waals surface area (Å²) in [6.07, 6.45) is 5.80. The molecule has 0 radical (unpaired) electrons. The maximum atomic E-state index is 13.6. The molecule has 0 bridgehead atoms. The minimum atomic E-state index is -5.62. The second-order valence-corrected chi connectivity index (χ2v) is 14.9. The van der Waals surface area contributed by atoms with Crippen LogP contribution in [0.4, 0.5) is 13.2 Å². The van der Waals surface area contributed by atoms with Gasteiger partial charge < -0.3 is 15.2 Å². The number of benzene rings is 1. The van der Waals surface area contributed by atoms with Crippen molar-refractivity contribution in [1.29, 1.82) is 0 Å². The van der Waals surface area contributed by atoms with Gasteiger partial charge in [0.25, 0.3) is 15.9 Å². The first-order valence-electron chi connectivity index (χ1n) is 12.9. The molecule has 2 aliphatic heterocycles. The molecule has 2 unspecified atom stereocenters. The standard InChI is InChI=1S/C25H27F3N6O5S3/c1-3-16-4-5-19-17(11-16)12-22(31-19)41(36,37)33-8-9-34(18(14-33)6-7-30-42(38,39)25(26,27)28)24(35)23-32-20-10-15(2)29-13-21(20)40-23/h1,4-5,11-12,15,18,29-31H,6-10,13-14H2,2H3. The Balaban J connectivity index is 1.40. The Morgan fingerprint density at radius 1 is 1.24 bits per heavy atom. The normalized spacial score (nSPS) is 20.4. The maximum Gasteiger partial charge on any atom is 0.511 e. The minimum absolute atomic E-state index is 0.0743. The van der Waals surface area contributed by atoms with Crippen molar-refractivity contribution < 1.29 is 34.8 Å². The molecule has 0 saturated carbocycles. The number of amides is 1. The summed E-state index contributed by atoms with van der Waals surface area (Å²) in [6.45, 7) is 1.44. The summed E-state index contributed by atoms with van der Waals surface area (Å²) in [5, 5.41) is 3.94. The zero-order valence-electron chi connectivity index (χ0n) is 22.2. The molecule has 42 heavy (non-hydrogen) atoms. The number of hydrogen-bond donors (Lipinski definition) is 3. The third kappa shape index (κ3) is 5.92. The number of rotatable bonds is 7. The first-order chi connectivity index (χ1) is 19.7. The Labute approximate surface area is 244 Å². The van der Waals surface area contributed by atoms with E-state index in [9.17, 15) is 34.8 Å². The Bertz CT molecular complexity index is 1780. The van der Waals surface area contributed by atoms with Crippen LogP contribution in [0.3, 0.4) is 0 Å². The van der Waals surface area contributed by atoms with E-state index < -0.39 is 44.0 Å². The number of H-pyrrole nitrogens is 1. The molecule has 3 aromatic rings. The van der Waals surface area contributed by atoms with Crippen LogP contribution in [0, 0.1) is 12.3 Å². The van der Waals surface area contributed by atoms with E-state index >= 15 is 0 Å². The van der Waals surface area contributed by atoms with Crippen LogP contribution in [-0.4, -0.2) is 85.7 Å². The number of aromatic amines is 1. The highest BCUT2D eigenvalue weighted by Crippen LogP contribution is 2.29. The van der Waals surface area contributed by atoms with Crippen molar-refractivity contribution in [3.8, 4) is 12.3 Å². The van der Waals surface area contributed by atoms with Crippen LogP contribution in [0.1, 0.15) is 39.3 Å². The van der Waals surface area contributed by atoms with E-state index in [0.717, 1.165) is 14.9 Å². The number of nitrogens with one attached hydrogen (secondary N) is 3. The molecule has 1 aromatic carbocycles. The van der Waals surface area contributed by atoms with E-state index in [2.05, 4.69) is 21.2 Å². The molecule has 1 saturated heterocycles. The van der Waals surface area contributed by atoms with Gasteiger partial charge in [-0.2, -0.15) is 17.5 Å². The number of fused-ring (bicyclic) bond motifs is 2. The van der Waals surface area contributed by atoms with E-state index in [1.54, 1.807) is 18.2 Å². The molecular formula is C25H27F3N6O5S3. The number of carbonyl (C=O) groups is 1. The van der Waals surface area contributed by atoms with E-state index in [0.29, 0.717) is 29.4 Å². The molecule has 226 valence electrons. The third-order valence-electron chi connectivity index (χ3n) is 7.23. The van der Waals surface area contributed by atoms with E-state index in [1.807, 2.05) is 6.92 Å². The molecule has 2 aliphatic rings. The number of piperazine rings is 1. The largest absolute Gasteiger partial charge is 0.511 e. The highest BCUT2D eigenvalue weighted by atomic mass is 32.2. The Morgan fingerprint density at radius 3 is 2.71 bits per heavy atom. The number of hydrogen-bond acceptors (Lipinski definition) is 8. The summed E-state index contributed by atoms with van der Waals surface area (Å²) in [5.74, 6) is 1.99. The van der Waals surface area contributed by atoms with E-state index in [4.69, 9.17) is 6.42 Å². The lowest BCUT2D eigenvalue weighted by molar-refractivity contribution is -0.0448. The van der Waals surface area contributed by atoms with Gasteiger partial charge in [0.05, 0.1) is 5.69 Å². The van der Waals surface area contributed by atoms with Crippen LogP contribution in [0.25, 0.3) is 10.9 Å². The van der Waals surface area contributed by atoms with Crippen molar-refractivity contribution in [3.63, 3.8) is 0 Å². The summed E-state index contributed by atoms with van der Waals surface area (Å²) < 4.78 is 91.6. The van der Waals surface area contributed by atoms with Gasteiger partial charge in [0, 0.05) is 72.6 Å². The van der Waals surface area contributed by atoms with Crippen molar-refractivity contribution in [2.45, 2.75) is 48.9 Å². The second-order valence-electron chi connectivity index (χ2n) is 10.1. The summed E-state index contributed by atoms with van der Waals surface area (Å²) in [4.78, 5) is 23.2. The molecule has 4 heterocycles. The highest BCUT2D eigenvalue weighted by molar-refractivity contribution is 7.90. The van der Waals surface area contributed by atoms with E-state index in [-0.39, 0.29) is 42.1 Å². The third-order valence-corrected chi connectivity index (χ3v) is 11.3. The first-order valence-corrected chi connectivity index (χ1v) is 16.6. The number of nitrogens with zero attached hydrogens (tertiary/aromatic N) is 3. The molecule has 0 aliphatic carbocycles. The lowest BCUT2D eigenvalue weighted by Crippen LogP contribution is -2.57. The second kappa shape index (κ2) is 11.2. The Kier molecular flexibility index (Phi) is 8.15. The predicted octanol–water partition coefficient (Wildman–Crippen LogP) is 1.98. The zero-order chi connectivity index (χ0) is 30.4. The first kappa shape index (κ1) is 30.4. The minimum Gasteiger partial charge on any atom is -0.345 e. The topological polar surface area (TPSA) is 145 Å². The number of sulfonamides is 2. The van der Waals surface area contributed by atoms with Gasteiger partial charge in [-0.05, 0) is 37.6 Å².